The van der Waals surface area contributed by atoms with Gasteiger partial charge in [0.05, 0.1) is 0 Å². The number of aliphatic hydroxyl groups is 1. The van der Waals surface area contributed by atoms with Crippen LogP contribution in [0.2, 0.25) is 0 Å². The molecule has 39 heavy (non-hydrogen) atoms. The van der Waals surface area contributed by atoms with Crippen LogP contribution in [0.25, 0.3) is 11.1 Å². The molecule has 1 aliphatic rings. The Kier molecular flexibility index (Phi) is 8.01. The van der Waals surface area contributed by atoms with E-state index in [1.807, 2.05) is 21.9 Å². The monoisotopic (exact) mass is 553 g/mol. The molecule has 0 amide bonds. The molecule has 2 N–H and O–H groups in total. The molecular formula is C27H25F6N3O3. The van der Waals surface area contributed by atoms with E-state index in [2.05, 4.69) is 4.98 Å². The number of aromatic nitrogens is 1. The predicted octanol–water partition coefficient (Wildman–Crippen LogP) is 4.83. The molecule has 12 heteroatoms. The number of aliphatic carboxylic acids is 1. The van der Waals surface area contributed by atoms with Gasteiger partial charge in [0.15, 0.2) is 0 Å². The minimum absolute atomic E-state index is 0.310. The van der Waals surface area contributed by atoms with Gasteiger partial charge in [-0.25, -0.2) is 0 Å². The Bertz CT molecular complexity index is 1250. The first-order valence-corrected chi connectivity index (χ1v) is 11.9. The van der Waals surface area contributed by atoms with Crippen LogP contribution in [0.4, 0.5) is 26.3 Å². The van der Waals surface area contributed by atoms with Crippen LogP contribution in [0, 0.1) is 0 Å². The number of pyridine rings is 1. The van der Waals surface area contributed by atoms with E-state index in [1.54, 1.807) is 36.7 Å². The second kappa shape index (κ2) is 10.9. The summed E-state index contributed by atoms with van der Waals surface area (Å²) in [4.78, 5) is 19.8. The summed E-state index contributed by atoms with van der Waals surface area (Å²) in [6, 6.07) is 13.3. The third-order valence-corrected chi connectivity index (χ3v) is 6.81. The lowest BCUT2D eigenvalue weighted by Gasteiger charge is -2.39. The molecule has 2 heterocycles. The van der Waals surface area contributed by atoms with Crippen molar-refractivity contribution in [3.05, 3.63) is 89.7 Å². The van der Waals surface area contributed by atoms with E-state index in [4.69, 9.17) is 0 Å². The van der Waals surface area contributed by atoms with Crippen LogP contribution < -0.4 is 0 Å². The summed E-state index contributed by atoms with van der Waals surface area (Å²) in [5.74, 6) is -0.921. The Morgan fingerprint density at radius 2 is 1.31 bits per heavy atom. The molecule has 4 rings (SSSR count). The van der Waals surface area contributed by atoms with E-state index in [0.29, 0.717) is 56.0 Å². The van der Waals surface area contributed by atoms with Gasteiger partial charge in [-0.15, -0.1) is 0 Å². The molecule has 2 aromatic carbocycles. The second-order valence-electron chi connectivity index (χ2n) is 9.40. The van der Waals surface area contributed by atoms with Gasteiger partial charge in [-0.05, 0) is 34.4 Å². The van der Waals surface area contributed by atoms with Crippen molar-refractivity contribution in [2.45, 2.75) is 37.1 Å². The molecule has 0 saturated carbocycles. The van der Waals surface area contributed by atoms with E-state index < -0.39 is 35.5 Å². The third-order valence-electron chi connectivity index (χ3n) is 6.81. The fourth-order valence-corrected chi connectivity index (χ4v) is 4.62. The number of alkyl halides is 6. The van der Waals surface area contributed by atoms with Gasteiger partial charge in [-0.2, -0.15) is 26.3 Å². The number of carboxylic acid groups (broad SMARTS) is 1. The molecule has 0 bridgehead atoms. The first-order valence-electron chi connectivity index (χ1n) is 11.9. The molecule has 0 radical (unpaired) electrons. The lowest BCUT2D eigenvalue weighted by molar-refractivity contribution is -0.376. The maximum absolute atomic E-state index is 13.1. The highest BCUT2D eigenvalue weighted by Gasteiger charge is 2.71. The van der Waals surface area contributed by atoms with Crippen molar-refractivity contribution < 1.29 is 41.4 Å². The highest BCUT2D eigenvalue weighted by Crippen LogP contribution is 2.50. The smallest absolute Gasteiger partial charge is 0.430 e. The third kappa shape index (κ3) is 6.07. The van der Waals surface area contributed by atoms with Crippen molar-refractivity contribution in [2.24, 2.45) is 0 Å². The van der Waals surface area contributed by atoms with Gasteiger partial charge in [-0.3, -0.25) is 19.6 Å². The Labute approximate surface area is 220 Å². The molecule has 1 unspecified atom stereocenters. The van der Waals surface area contributed by atoms with E-state index in [-0.39, 0.29) is 0 Å². The number of hydrogen-bond acceptors (Lipinski definition) is 5. The van der Waals surface area contributed by atoms with Crippen LogP contribution in [0.1, 0.15) is 16.7 Å². The summed E-state index contributed by atoms with van der Waals surface area (Å²) in [5.41, 5.74) is -3.54. The Hall–Kier alpha value is -3.48. The summed E-state index contributed by atoms with van der Waals surface area (Å²) >= 11 is 0. The lowest BCUT2D eigenvalue weighted by atomic mass is 9.90. The van der Waals surface area contributed by atoms with E-state index >= 15 is 0 Å². The molecule has 208 valence electrons. The number of halogens is 6. The number of rotatable bonds is 7. The molecular weight excluding hydrogens is 528 g/mol. The SMILES string of the molecule is O=C(O)C1CN(Cc2ccc(-c3ccc(C(O)(C(F)(F)F)C(F)(F)F)cc3)cc2)CCN1Cc1ccncc1. The highest BCUT2D eigenvalue weighted by molar-refractivity contribution is 5.74. The fourth-order valence-electron chi connectivity index (χ4n) is 4.62. The van der Waals surface area contributed by atoms with Gasteiger partial charge in [-0.1, -0.05) is 48.5 Å². The topological polar surface area (TPSA) is 76.9 Å². The van der Waals surface area contributed by atoms with E-state index in [9.17, 15) is 41.4 Å². The molecule has 3 aromatic rings. The standard InChI is InChI=1S/C27H25F6N3O3/c28-26(29,30)25(39,27(31,32)33)22-7-5-21(6-8-22)20-3-1-18(2-4-20)15-35-13-14-36(23(17-35)24(37)38)16-19-9-11-34-12-10-19/h1-12,23,39H,13-17H2,(H,37,38). The average Bonchev–Trinajstić information content (AvgIpc) is 2.89. The molecule has 1 aliphatic heterocycles. The summed E-state index contributed by atoms with van der Waals surface area (Å²) < 4.78 is 78.7. The zero-order valence-electron chi connectivity index (χ0n) is 20.5. The minimum atomic E-state index is -5.95. The number of nitrogens with zero attached hydrogens (tertiary/aromatic N) is 3. The number of benzene rings is 2. The number of piperazine rings is 1. The molecule has 1 atom stereocenters. The van der Waals surface area contributed by atoms with Gasteiger partial charge >= 0.3 is 18.3 Å². The van der Waals surface area contributed by atoms with Gasteiger partial charge < -0.3 is 10.2 Å². The number of carbonyl (C=O) groups is 1. The van der Waals surface area contributed by atoms with Gasteiger partial charge in [0.1, 0.15) is 6.04 Å². The van der Waals surface area contributed by atoms with Gasteiger partial charge in [0.25, 0.3) is 5.60 Å². The van der Waals surface area contributed by atoms with Crippen LogP contribution in [0.5, 0.6) is 0 Å². The zero-order valence-corrected chi connectivity index (χ0v) is 20.5. The van der Waals surface area contributed by atoms with Crippen molar-refractivity contribution in [3.8, 4) is 11.1 Å². The average molecular weight is 554 g/mol. The number of hydrogen-bond donors (Lipinski definition) is 2. The minimum Gasteiger partial charge on any atom is -0.480 e. The normalized spacial score (nSPS) is 17.8. The van der Waals surface area contributed by atoms with Crippen molar-refractivity contribution in [3.63, 3.8) is 0 Å². The Morgan fingerprint density at radius 1 is 0.795 bits per heavy atom. The summed E-state index contributed by atoms with van der Waals surface area (Å²) in [6.45, 7) is 2.46. The highest BCUT2D eigenvalue weighted by atomic mass is 19.4. The van der Waals surface area contributed by atoms with Crippen molar-refractivity contribution in [2.75, 3.05) is 19.6 Å². The predicted molar refractivity (Wildman–Crippen MR) is 129 cm³/mol. The van der Waals surface area contributed by atoms with Crippen LogP contribution in [-0.4, -0.2) is 69.0 Å². The molecule has 0 spiro atoms. The number of carboxylic acids is 1. The van der Waals surface area contributed by atoms with Crippen molar-refractivity contribution in [1.82, 2.24) is 14.8 Å². The van der Waals surface area contributed by atoms with Gasteiger partial charge in [0.2, 0.25) is 0 Å². The summed E-state index contributed by atoms with van der Waals surface area (Å²) in [7, 11) is 0. The summed E-state index contributed by atoms with van der Waals surface area (Å²) in [5, 5.41) is 19.3. The molecule has 0 aliphatic carbocycles. The maximum atomic E-state index is 13.1. The Balaban J connectivity index is 1.42. The first kappa shape index (κ1) is 28.5. The van der Waals surface area contributed by atoms with E-state index in [0.717, 1.165) is 23.3 Å². The largest absolute Gasteiger partial charge is 0.480 e. The molecule has 1 fully saturated rings. The fraction of sp³-hybridized carbons (Fsp3) is 0.333. The van der Waals surface area contributed by atoms with Crippen molar-refractivity contribution >= 4 is 5.97 Å². The van der Waals surface area contributed by atoms with Gasteiger partial charge in [0, 0.05) is 50.7 Å². The van der Waals surface area contributed by atoms with Crippen LogP contribution in [0.15, 0.2) is 73.1 Å². The molecule has 1 saturated heterocycles. The first-order chi connectivity index (χ1) is 18.3. The van der Waals surface area contributed by atoms with Crippen LogP contribution in [-0.2, 0) is 23.5 Å². The molecule has 1 aromatic heterocycles. The van der Waals surface area contributed by atoms with Crippen molar-refractivity contribution in [1.29, 1.82) is 0 Å². The molecule has 6 nitrogen and oxygen atoms in total. The lowest BCUT2D eigenvalue weighted by Crippen LogP contribution is -2.55. The van der Waals surface area contributed by atoms with E-state index in [1.165, 1.54) is 0 Å². The Morgan fingerprint density at radius 3 is 1.82 bits per heavy atom. The van der Waals surface area contributed by atoms with Crippen LogP contribution >= 0.6 is 0 Å². The quantitative estimate of drug-likeness (QED) is 0.409. The maximum Gasteiger partial charge on any atom is 0.430 e. The zero-order chi connectivity index (χ0) is 28.4. The van der Waals surface area contributed by atoms with Crippen LogP contribution in [0.3, 0.4) is 0 Å². The second-order valence-corrected chi connectivity index (χ2v) is 9.40. The summed E-state index contributed by atoms with van der Waals surface area (Å²) in [6.07, 6.45) is -8.58.